The molecule has 0 aromatic heterocycles. The average molecular weight is 685 g/mol. The Balaban J connectivity index is 0. The third-order valence-electron chi connectivity index (χ3n) is 3.02. The van der Waals surface area contributed by atoms with Crippen LogP contribution in [0.2, 0.25) is 8.94 Å². The summed E-state index contributed by atoms with van der Waals surface area (Å²) in [6.07, 6.45) is 5.52. The van der Waals surface area contributed by atoms with Crippen molar-refractivity contribution in [1.82, 2.24) is 0 Å². The van der Waals surface area contributed by atoms with E-state index < -0.39 is 0 Å². The van der Waals surface area contributed by atoms with Crippen LogP contribution in [0.3, 0.4) is 0 Å². The molecule has 0 amide bonds. The molecule has 0 fully saturated rings. The first-order valence-electron chi connectivity index (χ1n) is 8.22. The molecule has 0 aliphatic heterocycles. The van der Waals surface area contributed by atoms with Gasteiger partial charge in [0.1, 0.15) is 0 Å². The van der Waals surface area contributed by atoms with Gasteiger partial charge in [-0.1, -0.05) is 0 Å². The summed E-state index contributed by atoms with van der Waals surface area (Å²) in [4.78, 5) is 0. The van der Waals surface area contributed by atoms with Crippen LogP contribution in [0.4, 0.5) is 0 Å². The average Bonchev–Trinajstić information content (AvgIpc) is 2.58. The topological polar surface area (TPSA) is 0 Å². The zero-order chi connectivity index (χ0) is 15.9. The van der Waals surface area contributed by atoms with E-state index in [9.17, 15) is 0 Å². The van der Waals surface area contributed by atoms with E-state index in [2.05, 4.69) is 74.5 Å². The number of halogens is 2. The summed E-state index contributed by atoms with van der Waals surface area (Å²) in [6, 6.07) is 21.8. The van der Waals surface area contributed by atoms with E-state index in [4.69, 9.17) is 0 Å². The molecule has 0 aliphatic rings. The van der Waals surface area contributed by atoms with Crippen molar-refractivity contribution in [3.05, 3.63) is 60.7 Å². The molecule has 0 spiro atoms. The maximum atomic E-state index is 2.26. The van der Waals surface area contributed by atoms with Crippen molar-refractivity contribution in [3.63, 3.8) is 0 Å². The van der Waals surface area contributed by atoms with E-state index in [1.54, 1.807) is 7.22 Å². The number of unbranched alkanes of at least 4 members (excludes halogenated alkanes) is 2. The second-order valence-corrected chi connectivity index (χ2v) is 11.7. The zero-order valence-corrected chi connectivity index (χ0v) is 22.7. The van der Waals surface area contributed by atoms with Gasteiger partial charge in [-0.25, -0.2) is 0 Å². The summed E-state index contributed by atoms with van der Waals surface area (Å²) in [5.41, 5.74) is 0. The number of hydrogen-bond donors (Lipinski definition) is 0. The molecule has 0 heterocycles. The second kappa shape index (κ2) is 20.3. The third kappa shape index (κ3) is 15.3. The first kappa shape index (κ1) is 27.2. The second-order valence-electron chi connectivity index (χ2n) is 5.03. The molecule has 2 aromatic carbocycles. The zero-order valence-electron chi connectivity index (χ0n) is 14.6. The molecule has 4 heteroatoms. The Morgan fingerprint density at radius 2 is 0.917 bits per heavy atom. The fourth-order valence-electron chi connectivity index (χ4n) is 1.70. The molecule has 2 aromatic rings. The summed E-state index contributed by atoms with van der Waals surface area (Å²) in [7, 11) is 0. The van der Waals surface area contributed by atoms with E-state index >= 15 is 0 Å². The maximum absolute atomic E-state index is 2.26. The fraction of sp³-hybridized carbons (Fsp3) is 0.400. The van der Waals surface area contributed by atoms with Crippen LogP contribution in [0.15, 0.2) is 60.7 Å². The normalized spacial score (nSPS) is 9.08. The van der Waals surface area contributed by atoms with Gasteiger partial charge in [0.2, 0.25) is 0 Å². The van der Waals surface area contributed by atoms with E-state index in [-0.39, 0.29) is 75.8 Å². The van der Waals surface area contributed by atoms with Crippen LogP contribution in [0.1, 0.15) is 39.5 Å². The minimum absolute atomic E-state index is 0. The van der Waals surface area contributed by atoms with Gasteiger partial charge in [0.25, 0.3) is 0 Å². The van der Waals surface area contributed by atoms with Crippen molar-refractivity contribution in [3.8, 4) is 0 Å². The SMILES string of the molecule is Br.Br.CCCC[Te]c1ccccc1.CCCC[Te]c1ccccc1. The van der Waals surface area contributed by atoms with Crippen LogP contribution in [0.25, 0.3) is 0 Å². The van der Waals surface area contributed by atoms with Crippen molar-refractivity contribution in [2.75, 3.05) is 0 Å². The van der Waals surface area contributed by atoms with Crippen LogP contribution in [0.5, 0.6) is 0 Å². The van der Waals surface area contributed by atoms with E-state index in [1.807, 2.05) is 0 Å². The van der Waals surface area contributed by atoms with Crippen LogP contribution < -0.4 is 7.22 Å². The molecule has 2 rings (SSSR count). The summed E-state index contributed by atoms with van der Waals surface area (Å²) < 4.78 is 6.13. The van der Waals surface area contributed by atoms with Gasteiger partial charge in [0, 0.05) is 0 Å². The van der Waals surface area contributed by atoms with E-state index in [0.717, 1.165) is 0 Å². The predicted molar refractivity (Wildman–Crippen MR) is 124 cm³/mol. The molecule has 0 saturated carbocycles. The Hall–Kier alpha value is 0.979. The van der Waals surface area contributed by atoms with Gasteiger partial charge in [-0.3, -0.25) is 0 Å². The van der Waals surface area contributed by atoms with E-state index in [1.165, 1.54) is 34.6 Å². The van der Waals surface area contributed by atoms with Crippen molar-refractivity contribution in [2.45, 2.75) is 48.5 Å². The summed E-state index contributed by atoms with van der Waals surface area (Å²) >= 11 is 0.305. The molecule has 0 atom stereocenters. The Morgan fingerprint density at radius 1 is 0.583 bits per heavy atom. The molecule has 24 heavy (non-hydrogen) atoms. The molecule has 136 valence electrons. The standard InChI is InChI=1S/2C10H14Te.2BrH/c2*1-2-3-9-11-10-7-5-4-6-8-10;;/h2*4-8H,2-3,9H2,1H3;2*1H. The minimum atomic E-state index is 0. The molecule has 0 unspecified atom stereocenters. The van der Waals surface area contributed by atoms with Crippen LogP contribution in [-0.2, 0) is 0 Å². The molecule has 0 saturated heterocycles. The summed E-state index contributed by atoms with van der Waals surface area (Å²) in [6.45, 7) is 4.52. The van der Waals surface area contributed by atoms with Gasteiger partial charge >= 0.3 is 158 Å². The van der Waals surface area contributed by atoms with Crippen molar-refractivity contribution in [2.24, 2.45) is 0 Å². The molecular formula is C20H30Br2Te2. The molecule has 0 N–H and O–H groups in total. The monoisotopic (exact) mass is 688 g/mol. The van der Waals surface area contributed by atoms with Crippen LogP contribution in [-0.4, -0.2) is 41.8 Å². The first-order valence-corrected chi connectivity index (χ1v) is 13.8. The Bertz CT molecular complexity index is 418. The third-order valence-corrected chi connectivity index (χ3v) is 9.29. The van der Waals surface area contributed by atoms with Gasteiger partial charge in [-0.15, -0.1) is 34.0 Å². The molecular weight excluding hydrogens is 655 g/mol. The van der Waals surface area contributed by atoms with Gasteiger partial charge in [0.05, 0.1) is 0 Å². The van der Waals surface area contributed by atoms with Gasteiger partial charge < -0.3 is 0 Å². The molecule has 0 bridgehead atoms. The van der Waals surface area contributed by atoms with Crippen molar-refractivity contribution >= 4 is 83.0 Å². The fourth-order valence-corrected chi connectivity index (χ4v) is 7.51. The van der Waals surface area contributed by atoms with Gasteiger partial charge in [0.15, 0.2) is 0 Å². The van der Waals surface area contributed by atoms with Crippen LogP contribution in [0, 0.1) is 0 Å². The quantitative estimate of drug-likeness (QED) is 0.250. The number of benzene rings is 2. The Kier molecular flexibility index (Phi) is 23.0. The number of rotatable bonds is 8. The summed E-state index contributed by atoms with van der Waals surface area (Å²) in [5, 5.41) is 0. The number of hydrogen-bond acceptors (Lipinski definition) is 0. The van der Waals surface area contributed by atoms with Crippen LogP contribution >= 0.6 is 34.0 Å². The molecule has 0 nitrogen and oxygen atoms in total. The predicted octanol–water partition coefficient (Wildman–Crippen LogP) is 5.62. The van der Waals surface area contributed by atoms with Gasteiger partial charge in [-0.05, 0) is 0 Å². The molecule has 0 radical (unpaired) electrons. The van der Waals surface area contributed by atoms with Crippen molar-refractivity contribution < 1.29 is 0 Å². The van der Waals surface area contributed by atoms with Crippen molar-refractivity contribution in [1.29, 1.82) is 0 Å². The summed E-state index contributed by atoms with van der Waals surface area (Å²) in [5.74, 6) is 0. The molecule has 0 aliphatic carbocycles. The Labute approximate surface area is 190 Å². The van der Waals surface area contributed by atoms with E-state index in [0.29, 0.717) is 0 Å². The first-order chi connectivity index (χ1) is 10.9. The van der Waals surface area contributed by atoms with Gasteiger partial charge in [-0.2, -0.15) is 0 Å². The Morgan fingerprint density at radius 3 is 1.21 bits per heavy atom.